The Balaban J connectivity index is 1.96. The molecule has 0 heterocycles. The molecule has 0 aliphatic carbocycles. The summed E-state index contributed by atoms with van der Waals surface area (Å²) in [4.78, 5) is 0. The van der Waals surface area contributed by atoms with Crippen molar-refractivity contribution in [1.82, 2.24) is 0 Å². The Labute approximate surface area is 132 Å². The van der Waals surface area contributed by atoms with Crippen molar-refractivity contribution in [1.29, 1.82) is 5.26 Å². The Bertz CT molecular complexity index is 656. The number of rotatable bonds is 6. The van der Waals surface area contributed by atoms with Crippen molar-refractivity contribution in [3.8, 4) is 17.6 Å². The normalized spacial score (nSPS) is 11.5. The molecule has 22 heavy (non-hydrogen) atoms. The molecule has 1 atom stereocenters. The zero-order valence-electron chi connectivity index (χ0n) is 13.3. The minimum absolute atomic E-state index is 0.170. The van der Waals surface area contributed by atoms with Gasteiger partial charge in [-0.25, -0.2) is 0 Å². The van der Waals surface area contributed by atoms with E-state index < -0.39 is 0 Å². The lowest BCUT2D eigenvalue weighted by Crippen LogP contribution is -2.05. The number of ether oxygens (including phenoxy) is 2. The molecule has 0 aliphatic rings. The van der Waals surface area contributed by atoms with Crippen LogP contribution in [0.15, 0.2) is 42.5 Å². The smallest absolute Gasteiger partial charge is 0.122 e. The van der Waals surface area contributed by atoms with Crippen molar-refractivity contribution in [2.24, 2.45) is 0 Å². The van der Waals surface area contributed by atoms with Crippen molar-refractivity contribution in [2.75, 3.05) is 13.7 Å². The fourth-order valence-electron chi connectivity index (χ4n) is 2.29. The van der Waals surface area contributed by atoms with Crippen LogP contribution in [0.4, 0.5) is 0 Å². The van der Waals surface area contributed by atoms with Gasteiger partial charge in [-0.2, -0.15) is 5.26 Å². The van der Waals surface area contributed by atoms with Gasteiger partial charge in [-0.1, -0.05) is 24.3 Å². The van der Waals surface area contributed by atoms with E-state index >= 15 is 0 Å². The van der Waals surface area contributed by atoms with Gasteiger partial charge in [0, 0.05) is 6.42 Å². The average Bonchev–Trinajstić information content (AvgIpc) is 2.55. The van der Waals surface area contributed by atoms with Crippen LogP contribution in [0.25, 0.3) is 0 Å². The number of methoxy groups -OCH3 is 1. The molecule has 0 N–H and O–H groups in total. The van der Waals surface area contributed by atoms with Gasteiger partial charge in [0.25, 0.3) is 0 Å². The summed E-state index contributed by atoms with van der Waals surface area (Å²) in [6, 6.07) is 16.1. The predicted octanol–water partition coefficient (Wildman–Crippen LogP) is 4.39. The summed E-state index contributed by atoms with van der Waals surface area (Å²) in [5, 5.41) is 9.37. The Morgan fingerprint density at radius 1 is 1.09 bits per heavy atom. The van der Waals surface area contributed by atoms with E-state index in [1.807, 2.05) is 44.2 Å². The maximum Gasteiger partial charge on any atom is 0.122 e. The summed E-state index contributed by atoms with van der Waals surface area (Å²) in [5.74, 6) is 1.52. The number of nitriles is 1. The maximum atomic E-state index is 9.37. The number of benzene rings is 2. The summed E-state index contributed by atoms with van der Waals surface area (Å²) in [7, 11) is 1.63. The van der Waals surface area contributed by atoms with Crippen molar-refractivity contribution in [2.45, 2.75) is 26.2 Å². The molecule has 1 unspecified atom stereocenters. The molecule has 0 radical (unpaired) electrons. The van der Waals surface area contributed by atoms with Gasteiger partial charge in [0.1, 0.15) is 11.5 Å². The highest BCUT2D eigenvalue weighted by Gasteiger charge is 2.11. The third-order valence-electron chi connectivity index (χ3n) is 3.68. The second kappa shape index (κ2) is 7.51. The molecule has 0 bridgehead atoms. The van der Waals surface area contributed by atoms with Crippen molar-refractivity contribution in [3.05, 3.63) is 59.2 Å². The Kier molecular flexibility index (Phi) is 5.43. The van der Waals surface area contributed by atoms with Gasteiger partial charge in [0.05, 0.1) is 25.7 Å². The first-order valence-electron chi connectivity index (χ1n) is 7.37. The van der Waals surface area contributed by atoms with Crippen LogP contribution in [0.5, 0.6) is 11.5 Å². The number of hydrogen-bond donors (Lipinski definition) is 0. The molecule has 0 amide bonds. The van der Waals surface area contributed by atoms with Crippen molar-refractivity contribution >= 4 is 0 Å². The Hall–Kier alpha value is -2.47. The van der Waals surface area contributed by atoms with Gasteiger partial charge in [-0.05, 0) is 48.7 Å². The number of aryl methyl sites for hydroxylation is 2. The zero-order chi connectivity index (χ0) is 15.9. The minimum atomic E-state index is -0.170. The van der Waals surface area contributed by atoms with E-state index in [4.69, 9.17) is 9.47 Å². The van der Waals surface area contributed by atoms with E-state index in [-0.39, 0.29) is 5.92 Å². The second-order valence-electron chi connectivity index (χ2n) is 5.36. The quantitative estimate of drug-likeness (QED) is 0.793. The van der Waals surface area contributed by atoms with E-state index in [0.29, 0.717) is 13.0 Å². The molecular weight excluding hydrogens is 274 g/mol. The average molecular weight is 295 g/mol. The molecule has 0 spiro atoms. The fourth-order valence-corrected chi connectivity index (χ4v) is 2.29. The summed E-state index contributed by atoms with van der Waals surface area (Å²) < 4.78 is 11.0. The van der Waals surface area contributed by atoms with Crippen molar-refractivity contribution < 1.29 is 9.47 Å². The summed E-state index contributed by atoms with van der Waals surface area (Å²) in [6.45, 7) is 4.59. The predicted molar refractivity (Wildman–Crippen MR) is 87.4 cm³/mol. The molecule has 3 nitrogen and oxygen atoms in total. The Morgan fingerprint density at radius 2 is 1.82 bits per heavy atom. The van der Waals surface area contributed by atoms with Crippen LogP contribution >= 0.6 is 0 Å². The molecule has 2 aromatic carbocycles. The molecule has 2 rings (SSSR count). The highest BCUT2D eigenvalue weighted by molar-refractivity contribution is 5.36. The first-order valence-corrected chi connectivity index (χ1v) is 7.37. The number of nitrogens with zero attached hydrogens (tertiary/aromatic N) is 1. The minimum Gasteiger partial charge on any atom is -0.497 e. The standard InChI is InChI=1S/C19H21NO2/c1-14-4-5-15(2)19(12-14)22-11-10-17(13-20)16-6-8-18(21-3)9-7-16/h4-9,12,17H,10-11H2,1-3H3. The zero-order valence-corrected chi connectivity index (χ0v) is 13.3. The summed E-state index contributed by atoms with van der Waals surface area (Å²) in [5.41, 5.74) is 3.28. The van der Waals surface area contributed by atoms with Crippen LogP contribution in [0.3, 0.4) is 0 Å². The lowest BCUT2D eigenvalue weighted by Gasteiger charge is -2.13. The van der Waals surface area contributed by atoms with Crippen LogP contribution in [0.1, 0.15) is 29.0 Å². The van der Waals surface area contributed by atoms with Gasteiger partial charge in [0.15, 0.2) is 0 Å². The lowest BCUT2D eigenvalue weighted by atomic mass is 9.97. The molecule has 114 valence electrons. The first-order chi connectivity index (χ1) is 10.6. The highest BCUT2D eigenvalue weighted by atomic mass is 16.5. The van der Waals surface area contributed by atoms with Crippen LogP contribution in [0.2, 0.25) is 0 Å². The highest BCUT2D eigenvalue weighted by Crippen LogP contribution is 2.24. The summed E-state index contributed by atoms with van der Waals surface area (Å²) in [6.07, 6.45) is 0.663. The molecule has 0 saturated heterocycles. The third-order valence-corrected chi connectivity index (χ3v) is 3.68. The fraction of sp³-hybridized carbons (Fsp3) is 0.316. The molecule has 0 aromatic heterocycles. The van der Waals surface area contributed by atoms with Gasteiger partial charge < -0.3 is 9.47 Å². The van der Waals surface area contributed by atoms with E-state index in [0.717, 1.165) is 22.6 Å². The molecule has 0 fully saturated rings. The van der Waals surface area contributed by atoms with Gasteiger partial charge in [-0.3, -0.25) is 0 Å². The van der Waals surface area contributed by atoms with Crippen LogP contribution in [-0.2, 0) is 0 Å². The van der Waals surface area contributed by atoms with Crippen molar-refractivity contribution in [3.63, 3.8) is 0 Å². The van der Waals surface area contributed by atoms with Gasteiger partial charge in [0.2, 0.25) is 0 Å². The van der Waals surface area contributed by atoms with Crippen LogP contribution < -0.4 is 9.47 Å². The third kappa shape index (κ3) is 4.02. The first kappa shape index (κ1) is 15.9. The lowest BCUT2D eigenvalue weighted by molar-refractivity contribution is 0.304. The summed E-state index contributed by atoms with van der Waals surface area (Å²) >= 11 is 0. The van der Waals surface area contributed by atoms with Crippen LogP contribution in [-0.4, -0.2) is 13.7 Å². The van der Waals surface area contributed by atoms with Crippen LogP contribution in [0, 0.1) is 25.2 Å². The SMILES string of the molecule is COc1ccc(C(C#N)CCOc2cc(C)ccc2C)cc1. The van der Waals surface area contributed by atoms with E-state index in [9.17, 15) is 5.26 Å². The van der Waals surface area contributed by atoms with Gasteiger partial charge in [-0.15, -0.1) is 0 Å². The Morgan fingerprint density at radius 3 is 2.45 bits per heavy atom. The molecular formula is C19H21NO2. The largest absolute Gasteiger partial charge is 0.497 e. The van der Waals surface area contributed by atoms with E-state index in [1.54, 1.807) is 7.11 Å². The van der Waals surface area contributed by atoms with E-state index in [1.165, 1.54) is 5.56 Å². The maximum absolute atomic E-state index is 9.37. The molecule has 0 aliphatic heterocycles. The second-order valence-corrected chi connectivity index (χ2v) is 5.36. The molecule has 3 heteroatoms. The van der Waals surface area contributed by atoms with E-state index in [2.05, 4.69) is 18.2 Å². The van der Waals surface area contributed by atoms with Gasteiger partial charge >= 0.3 is 0 Å². The monoisotopic (exact) mass is 295 g/mol. The number of hydrogen-bond acceptors (Lipinski definition) is 3. The molecule has 2 aromatic rings. The topological polar surface area (TPSA) is 42.2 Å². The molecule has 0 saturated carbocycles.